The molecule has 3 atom stereocenters. The minimum atomic E-state index is -0.0697. The highest BCUT2D eigenvalue weighted by molar-refractivity contribution is 5.95. The number of carbonyl (C=O) groups is 2. The van der Waals surface area contributed by atoms with Gasteiger partial charge in [-0.3, -0.25) is 9.59 Å². The van der Waals surface area contributed by atoms with E-state index in [1.54, 1.807) is 7.11 Å². The van der Waals surface area contributed by atoms with Gasteiger partial charge in [0.25, 0.3) is 5.91 Å². The molecule has 218 valence electrons. The van der Waals surface area contributed by atoms with Gasteiger partial charge in [-0.05, 0) is 74.1 Å². The third-order valence-corrected chi connectivity index (χ3v) is 8.31. The van der Waals surface area contributed by atoms with Crippen LogP contribution in [0, 0.1) is 17.8 Å². The summed E-state index contributed by atoms with van der Waals surface area (Å²) in [6.07, 6.45) is 3.88. The van der Waals surface area contributed by atoms with Gasteiger partial charge in [-0.15, -0.1) is 0 Å². The summed E-state index contributed by atoms with van der Waals surface area (Å²) >= 11 is 0. The van der Waals surface area contributed by atoms with Crippen LogP contribution in [0.25, 0.3) is 0 Å². The van der Waals surface area contributed by atoms with Gasteiger partial charge >= 0.3 is 0 Å². The number of benzene rings is 2. The molecule has 0 aromatic heterocycles. The van der Waals surface area contributed by atoms with Crippen LogP contribution in [0.3, 0.4) is 0 Å². The number of amides is 2. The summed E-state index contributed by atoms with van der Waals surface area (Å²) in [6, 6.07) is 16.0. The molecule has 1 aliphatic carbocycles. The predicted octanol–water partition coefficient (Wildman–Crippen LogP) is 4.66. The van der Waals surface area contributed by atoms with Crippen LogP contribution in [0.5, 0.6) is 5.75 Å². The van der Waals surface area contributed by atoms with Crippen molar-refractivity contribution in [3.05, 3.63) is 65.2 Å². The van der Waals surface area contributed by atoms with E-state index in [1.807, 2.05) is 41.3 Å². The van der Waals surface area contributed by atoms with Crippen LogP contribution in [0.15, 0.2) is 48.5 Å². The first-order valence-electron chi connectivity index (χ1n) is 15.0. The molecule has 2 aliphatic rings. The molecule has 2 fully saturated rings. The lowest BCUT2D eigenvalue weighted by molar-refractivity contribution is -0.123. The van der Waals surface area contributed by atoms with Crippen LogP contribution in [-0.4, -0.2) is 69.3 Å². The van der Waals surface area contributed by atoms with E-state index in [2.05, 4.69) is 43.5 Å². The third kappa shape index (κ3) is 7.85. The molecule has 40 heavy (non-hydrogen) atoms. The standard InChI is InChI=1S/C33H47N3O4/c1-5-24-12-15-27(18-30(24)40-17-9-16-39-4)33(38)36(23(2)3)22-29-20-34-19-28(29)21-35-32(37)31(26-13-14-26)25-10-7-6-8-11-25/h6-8,10-12,15,18,23,26,28-29,31,34H,5,9,13-14,16-17,19-22H2,1-4H3,(H,35,37)/t28-,29-,31?/m0/s1. The van der Waals surface area contributed by atoms with E-state index in [0.29, 0.717) is 37.8 Å². The van der Waals surface area contributed by atoms with Crippen molar-refractivity contribution < 1.29 is 19.1 Å². The molecule has 1 aliphatic heterocycles. The number of nitrogens with zero attached hydrogens (tertiary/aromatic N) is 1. The zero-order valence-corrected chi connectivity index (χ0v) is 24.7. The Bertz CT molecular complexity index is 1100. The van der Waals surface area contributed by atoms with Gasteiger partial charge < -0.3 is 25.0 Å². The van der Waals surface area contributed by atoms with Gasteiger partial charge in [-0.1, -0.05) is 43.3 Å². The Morgan fingerprint density at radius 3 is 2.48 bits per heavy atom. The SMILES string of the molecule is CCc1ccc(C(=O)N(C[C@@H]2CNC[C@H]2CNC(=O)C(c2ccccc2)C2CC2)C(C)C)cc1OCCCOC. The molecule has 0 radical (unpaired) electrons. The van der Waals surface area contributed by atoms with Gasteiger partial charge in [0.05, 0.1) is 12.5 Å². The minimum absolute atomic E-state index is 0.0203. The molecule has 1 heterocycles. The fraction of sp³-hybridized carbons (Fsp3) is 0.576. The fourth-order valence-electron chi connectivity index (χ4n) is 5.76. The molecule has 0 bridgehead atoms. The molecule has 0 spiro atoms. The molecule has 4 rings (SSSR count). The van der Waals surface area contributed by atoms with Crippen molar-refractivity contribution >= 4 is 11.8 Å². The average Bonchev–Trinajstić information content (AvgIpc) is 3.69. The average molecular weight is 550 g/mol. The lowest BCUT2D eigenvalue weighted by Gasteiger charge is -2.32. The molecule has 1 saturated heterocycles. The largest absolute Gasteiger partial charge is 0.493 e. The lowest BCUT2D eigenvalue weighted by atomic mass is 9.91. The van der Waals surface area contributed by atoms with E-state index in [-0.39, 0.29) is 35.6 Å². The van der Waals surface area contributed by atoms with Gasteiger partial charge in [-0.2, -0.15) is 0 Å². The maximum atomic E-state index is 13.8. The summed E-state index contributed by atoms with van der Waals surface area (Å²) in [5, 5.41) is 6.78. The fourth-order valence-corrected chi connectivity index (χ4v) is 5.76. The Morgan fingerprint density at radius 2 is 1.80 bits per heavy atom. The summed E-state index contributed by atoms with van der Waals surface area (Å²) in [5.41, 5.74) is 2.86. The van der Waals surface area contributed by atoms with Crippen LogP contribution in [-0.2, 0) is 16.0 Å². The Kier molecular flexibility index (Phi) is 11.0. The predicted molar refractivity (Wildman–Crippen MR) is 159 cm³/mol. The van der Waals surface area contributed by atoms with Gasteiger partial charge in [0.1, 0.15) is 5.75 Å². The Balaban J connectivity index is 1.39. The molecule has 2 aromatic carbocycles. The number of nitrogens with one attached hydrogen (secondary N) is 2. The van der Waals surface area contributed by atoms with E-state index in [1.165, 1.54) is 0 Å². The Morgan fingerprint density at radius 1 is 1.05 bits per heavy atom. The van der Waals surface area contributed by atoms with E-state index in [9.17, 15) is 9.59 Å². The maximum Gasteiger partial charge on any atom is 0.254 e. The first kappa shape index (κ1) is 30.1. The quantitative estimate of drug-likeness (QED) is 0.316. The van der Waals surface area contributed by atoms with E-state index in [0.717, 1.165) is 55.6 Å². The molecule has 2 N–H and O–H groups in total. The van der Waals surface area contributed by atoms with Gasteiger partial charge in [0.15, 0.2) is 0 Å². The summed E-state index contributed by atoms with van der Waals surface area (Å²) in [6.45, 7) is 10.4. The molecule has 7 heteroatoms. The number of rotatable bonds is 15. The van der Waals surface area contributed by atoms with Gasteiger partial charge in [0, 0.05) is 57.9 Å². The van der Waals surface area contributed by atoms with Gasteiger partial charge in [0.2, 0.25) is 5.91 Å². The van der Waals surface area contributed by atoms with Crippen LogP contribution in [0.4, 0.5) is 0 Å². The Labute approximate surface area is 240 Å². The van der Waals surface area contributed by atoms with Crippen LogP contribution >= 0.6 is 0 Å². The molecule has 1 saturated carbocycles. The van der Waals surface area contributed by atoms with Crippen molar-refractivity contribution in [1.29, 1.82) is 0 Å². The summed E-state index contributed by atoms with van der Waals surface area (Å²) in [4.78, 5) is 29.0. The third-order valence-electron chi connectivity index (χ3n) is 8.31. The monoisotopic (exact) mass is 549 g/mol. The van der Waals surface area contributed by atoms with E-state index < -0.39 is 0 Å². The topological polar surface area (TPSA) is 79.9 Å². The van der Waals surface area contributed by atoms with Crippen LogP contribution in [0.2, 0.25) is 0 Å². The minimum Gasteiger partial charge on any atom is -0.493 e. The Hall–Kier alpha value is -2.90. The second kappa shape index (κ2) is 14.6. The first-order valence-corrected chi connectivity index (χ1v) is 15.0. The highest BCUT2D eigenvalue weighted by Gasteiger charge is 2.38. The van der Waals surface area contributed by atoms with Crippen molar-refractivity contribution in [3.63, 3.8) is 0 Å². The van der Waals surface area contributed by atoms with Gasteiger partial charge in [-0.25, -0.2) is 0 Å². The molecular formula is C33H47N3O4. The first-order chi connectivity index (χ1) is 19.4. The molecule has 2 aromatic rings. The normalized spacial score (nSPS) is 19.4. The second-order valence-corrected chi connectivity index (χ2v) is 11.6. The number of hydrogen-bond acceptors (Lipinski definition) is 5. The van der Waals surface area contributed by atoms with Crippen molar-refractivity contribution in [2.75, 3.05) is 46.5 Å². The zero-order chi connectivity index (χ0) is 28.5. The van der Waals surface area contributed by atoms with Crippen LogP contribution in [0.1, 0.15) is 67.4 Å². The number of hydrogen-bond donors (Lipinski definition) is 2. The number of aryl methyl sites for hydroxylation is 1. The van der Waals surface area contributed by atoms with E-state index in [4.69, 9.17) is 9.47 Å². The number of ether oxygens (including phenoxy) is 2. The summed E-state index contributed by atoms with van der Waals surface area (Å²) in [7, 11) is 1.69. The highest BCUT2D eigenvalue weighted by atomic mass is 16.5. The number of carbonyl (C=O) groups excluding carboxylic acids is 2. The van der Waals surface area contributed by atoms with Crippen molar-refractivity contribution in [1.82, 2.24) is 15.5 Å². The zero-order valence-electron chi connectivity index (χ0n) is 24.7. The summed E-state index contributed by atoms with van der Waals surface area (Å²) in [5.74, 6) is 1.84. The van der Waals surface area contributed by atoms with Crippen molar-refractivity contribution in [2.24, 2.45) is 17.8 Å². The van der Waals surface area contributed by atoms with Crippen molar-refractivity contribution in [2.45, 2.75) is 58.4 Å². The smallest absolute Gasteiger partial charge is 0.254 e. The highest BCUT2D eigenvalue weighted by Crippen LogP contribution is 2.42. The van der Waals surface area contributed by atoms with Crippen LogP contribution < -0.4 is 15.4 Å². The number of methoxy groups -OCH3 is 1. The van der Waals surface area contributed by atoms with Crippen molar-refractivity contribution in [3.8, 4) is 5.75 Å². The summed E-state index contributed by atoms with van der Waals surface area (Å²) < 4.78 is 11.2. The maximum absolute atomic E-state index is 13.8. The molecular weight excluding hydrogens is 502 g/mol. The molecule has 1 unspecified atom stereocenters. The molecule has 2 amide bonds. The molecule has 7 nitrogen and oxygen atoms in total. The van der Waals surface area contributed by atoms with E-state index >= 15 is 0 Å². The lowest BCUT2D eigenvalue weighted by Crippen LogP contribution is -2.44. The second-order valence-electron chi connectivity index (χ2n) is 11.6.